The number of dihydropyridines is 1. The third-order valence-electron chi connectivity index (χ3n) is 6.83. The first-order valence-corrected chi connectivity index (χ1v) is 13.8. The van der Waals surface area contributed by atoms with Gasteiger partial charge in [-0.1, -0.05) is 39.1 Å². The minimum atomic E-state index is 0. The SMILES string of the molecule is C.C=C.C=N/C(=C\c1cc(CSC(C)=N)ccc1C)NC(=C)C1=CC(N(C)C2CCN(C)CC2)=NCC1C.[HH]. The average molecular weight is 539 g/mol. The number of allylic oxidation sites excluding steroid dienone is 1. The van der Waals surface area contributed by atoms with Crippen LogP contribution < -0.4 is 5.32 Å². The van der Waals surface area contributed by atoms with Crippen molar-refractivity contribution in [2.45, 2.75) is 52.8 Å². The Morgan fingerprint density at radius 1 is 1.34 bits per heavy atom. The number of likely N-dealkylation sites (N-methyl/N-ethyl adjacent to an activating group) is 1. The summed E-state index contributed by atoms with van der Waals surface area (Å²) in [5, 5.41) is 11.7. The van der Waals surface area contributed by atoms with Crippen LogP contribution in [0.15, 0.2) is 71.1 Å². The van der Waals surface area contributed by atoms with Crippen LogP contribution in [0.1, 0.15) is 52.2 Å². The molecule has 38 heavy (non-hydrogen) atoms. The van der Waals surface area contributed by atoms with Gasteiger partial charge in [-0.2, -0.15) is 0 Å². The van der Waals surface area contributed by atoms with Crippen molar-refractivity contribution < 1.29 is 1.43 Å². The zero-order valence-corrected chi connectivity index (χ0v) is 24.1. The van der Waals surface area contributed by atoms with E-state index in [1.807, 2.05) is 13.0 Å². The van der Waals surface area contributed by atoms with Crippen molar-refractivity contribution in [1.82, 2.24) is 15.1 Å². The van der Waals surface area contributed by atoms with Gasteiger partial charge in [-0.25, -0.2) is 4.99 Å². The fourth-order valence-corrected chi connectivity index (χ4v) is 5.01. The summed E-state index contributed by atoms with van der Waals surface area (Å²) >= 11 is 1.54. The second-order valence-electron chi connectivity index (χ2n) is 9.67. The van der Waals surface area contributed by atoms with Crippen molar-refractivity contribution in [2.24, 2.45) is 15.9 Å². The second-order valence-corrected chi connectivity index (χ2v) is 10.9. The lowest BCUT2D eigenvalue weighted by atomic mass is 9.95. The average Bonchev–Trinajstić information content (AvgIpc) is 2.90. The van der Waals surface area contributed by atoms with E-state index in [1.165, 1.54) is 22.9 Å². The lowest BCUT2D eigenvalue weighted by Gasteiger charge is -2.37. The number of rotatable bonds is 8. The molecule has 1 aromatic carbocycles. The fraction of sp³-hybridized carbons (Fsp3) is 0.452. The molecule has 1 aromatic rings. The first-order valence-electron chi connectivity index (χ1n) is 12.8. The van der Waals surface area contributed by atoms with Gasteiger partial charge in [0, 0.05) is 38.4 Å². The van der Waals surface area contributed by atoms with E-state index >= 15 is 0 Å². The van der Waals surface area contributed by atoms with Crippen molar-refractivity contribution in [1.29, 1.82) is 5.41 Å². The number of benzene rings is 1. The summed E-state index contributed by atoms with van der Waals surface area (Å²) in [6, 6.07) is 6.91. The molecule has 1 atom stereocenters. The molecule has 7 heteroatoms. The molecule has 0 aliphatic carbocycles. The highest BCUT2D eigenvalue weighted by molar-refractivity contribution is 8.13. The van der Waals surface area contributed by atoms with E-state index in [1.54, 1.807) is 0 Å². The summed E-state index contributed by atoms with van der Waals surface area (Å²) in [6.45, 7) is 23.2. The Kier molecular flexibility index (Phi) is 14.1. The van der Waals surface area contributed by atoms with Crippen LogP contribution in [0, 0.1) is 18.3 Å². The summed E-state index contributed by atoms with van der Waals surface area (Å²) in [7, 11) is 4.36. The number of hydrogen-bond donors (Lipinski definition) is 2. The van der Waals surface area contributed by atoms with E-state index in [9.17, 15) is 0 Å². The number of aryl methyl sites for hydroxylation is 1. The van der Waals surface area contributed by atoms with Crippen LogP contribution in [-0.4, -0.2) is 67.2 Å². The van der Waals surface area contributed by atoms with E-state index in [-0.39, 0.29) is 14.8 Å². The normalized spacial score (nSPS) is 18.1. The predicted molar refractivity (Wildman–Crippen MR) is 174 cm³/mol. The van der Waals surface area contributed by atoms with E-state index in [4.69, 9.17) is 10.4 Å². The van der Waals surface area contributed by atoms with Gasteiger partial charge in [-0.3, -0.25) is 10.4 Å². The van der Waals surface area contributed by atoms with E-state index in [0.29, 0.717) is 16.9 Å². The molecule has 6 nitrogen and oxygen atoms in total. The van der Waals surface area contributed by atoms with Crippen molar-refractivity contribution in [3.63, 3.8) is 0 Å². The summed E-state index contributed by atoms with van der Waals surface area (Å²) in [4.78, 5) is 13.9. The summed E-state index contributed by atoms with van der Waals surface area (Å²) in [5.74, 6) is 2.77. The van der Waals surface area contributed by atoms with E-state index in [0.717, 1.165) is 60.9 Å². The predicted octanol–water partition coefficient (Wildman–Crippen LogP) is 7.01. The molecule has 1 fully saturated rings. The van der Waals surface area contributed by atoms with Crippen LogP contribution in [0.25, 0.3) is 6.08 Å². The van der Waals surface area contributed by atoms with Gasteiger partial charge in [0.25, 0.3) is 0 Å². The van der Waals surface area contributed by atoms with Gasteiger partial charge in [0.1, 0.15) is 11.7 Å². The maximum Gasteiger partial charge on any atom is 0.130 e. The molecular weight excluding hydrogens is 488 g/mol. The molecule has 3 rings (SSSR count). The van der Waals surface area contributed by atoms with Gasteiger partial charge in [0.15, 0.2) is 0 Å². The molecule has 0 radical (unpaired) electrons. The van der Waals surface area contributed by atoms with E-state index < -0.39 is 0 Å². The number of aliphatic imine (C=N–C) groups is 2. The van der Waals surface area contributed by atoms with Crippen molar-refractivity contribution >= 4 is 35.4 Å². The lowest BCUT2D eigenvalue weighted by Crippen LogP contribution is -2.44. The molecule has 0 saturated carbocycles. The molecule has 0 bridgehead atoms. The van der Waals surface area contributed by atoms with Gasteiger partial charge in [0.2, 0.25) is 0 Å². The smallest absolute Gasteiger partial charge is 0.130 e. The third-order valence-corrected chi connectivity index (χ3v) is 7.74. The first kappa shape index (κ1) is 33.1. The number of thioether (sulfide) groups is 1. The quantitative estimate of drug-likeness (QED) is 0.212. The zero-order chi connectivity index (χ0) is 27.5. The lowest BCUT2D eigenvalue weighted by molar-refractivity contribution is 0.192. The number of nitrogens with zero attached hydrogens (tertiary/aromatic N) is 4. The van der Waals surface area contributed by atoms with Crippen molar-refractivity contribution in [3.8, 4) is 0 Å². The molecule has 0 spiro atoms. The Morgan fingerprint density at radius 3 is 2.61 bits per heavy atom. The second kappa shape index (κ2) is 16.1. The van der Waals surface area contributed by atoms with Crippen molar-refractivity contribution in [3.05, 3.63) is 77.8 Å². The monoisotopic (exact) mass is 538 g/mol. The Balaban J connectivity index is 0.00000353. The van der Waals surface area contributed by atoms with Gasteiger partial charge < -0.3 is 15.1 Å². The number of piperidine rings is 1. The maximum absolute atomic E-state index is 7.67. The maximum atomic E-state index is 7.67. The Bertz CT molecular complexity index is 1070. The van der Waals surface area contributed by atoms with Crippen LogP contribution in [-0.2, 0) is 5.75 Å². The Hall–Kier alpha value is -2.90. The van der Waals surface area contributed by atoms with Gasteiger partial charge in [-0.05, 0) is 88.0 Å². The van der Waals surface area contributed by atoms with Gasteiger partial charge in [-0.15, -0.1) is 24.9 Å². The molecule has 2 N–H and O–H groups in total. The Morgan fingerprint density at radius 2 is 2.00 bits per heavy atom. The van der Waals surface area contributed by atoms with Crippen LogP contribution in [0.4, 0.5) is 0 Å². The molecule has 0 aromatic heterocycles. The number of hydrogen-bond acceptors (Lipinski definition) is 7. The molecule has 0 amide bonds. The Labute approximate surface area is 237 Å². The fourth-order valence-electron chi connectivity index (χ4n) is 4.45. The van der Waals surface area contributed by atoms with Gasteiger partial charge in [0.05, 0.1) is 5.04 Å². The molecule has 1 saturated heterocycles. The van der Waals surface area contributed by atoms with Crippen LogP contribution in [0.2, 0.25) is 0 Å². The minimum absolute atomic E-state index is 0. The van der Waals surface area contributed by atoms with E-state index in [2.05, 4.69) is 98.8 Å². The van der Waals surface area contributed by atoms with Crippen molar-refractivity contribution in [2.75, 3.05) is 33.7 Å². The topological polar surface area (TPSA) is 67.1 Å². The zero-order valence-electron chi connectivity index (χ0n) is 23.3. The van der Waals surface area contributed by atoms with Crippen LogP contribution in [0.3, 0.4) is 0 Å². The molecule has 2 heterocycles. The number of likely N-dealkylation sites (tertiary alicyclic amines) is 1. The standard InChI is InChI=1S/C28H40N6S.C2H4.CH4.H2/c1-19-8-9-23(18-35-22(4)29)14-24(19)15-27(30-5)32-21(3)26-16-28(31-17-20(26)2)34(7)25-10-12-33(6)13-11-25;1-2;;/h8-9,14-16,20,25,29,32H,3,5,10-13,17-18H2,1-2,4,6-7H3;1-2H2;1H4;1H/b27-15+,29-22?;;;. The first-order chi connectivity index (χ1) is 17.7. The highest BCUT2D eigenvalue weighted by Gasteiger charge is 2.25. The minimum Gasteiger partial charge on any atom is -0.357 e. The third kappa shape index (κ3) is 9.44. The molecule has 210 valence electrons. The summed E-state index contributed by atoms with van der Waals surface area (Å²) < 4.78 is 0. The van der Waals surface area contributed by atoms with Gasteiger partial charge >= 0.3 is 0 Å². The number of amidine groups is 1. The van der Waals surface area contributed by atoms with Crippen LogP contribution >= 0.6 is 11.8 Å². The largest absolute Gasteiger partial charge is 0.357 e. The molecule has 2 aliphatic heterocycles. The van der Waals surface area contributed by atoms with Crippen LogP contribution in [0.5, 0.6) is 0 Å². The summed E-state index contributed by atoms with van der Waals surface area (Å²) in [5.41, 5.74) is 5.43. The molecular formula is C31H50N6S. The summed E-state index contributed by atoms with van der Waals surface area (Å²) in [6.07, 6.45) is 6.53. The highest BCUT2D eigenvalue weighted by atomic mass is 32.2. The number of nitrogens with one attached hydrogen (secondary N) is 2. The highest BCUT2D eigenvalue weighted by Crippen LogP contribution is 2.25. The molecule has 1 unspecified atom stereocenters. The molecule has 2 aliphatic rings.